The first-order valence-corrected chi connectivity index (χ1v) is 12.0. The normalized spacial score (nSPS) is 27.2. The fourth-order valence-corrected chi connectivity index (χ4v) is 5.28. The summed E-state index contributed by atoms with van der Waals surface area (Å²) in [5, 5.41) is 0. The van der Waals surface area contributed by atoms with Crippen molar-refractivity contribution in [2.45, 2.75) is 106 Å². The van der Waals surface area contributed by atoms with Crippen molar-refractivity contribution in [2.75, 3.05) is 32.7 Å². The van der Waals surface area contributed by atoms with Crippen molar-refractivity contribution < 1.29 is 0 Å². The standard InChI is InChI=1S/C25H50N2/c1-8-22-9-14-26(15-10-22)17-13-25(6,7)20-23-11-16-27(21(2)19-23)18-12-24(3,4)5/h21-23H,8-20H2,1-7H3. The molecule has 2 unspecified atom stereocenters. The summed E-state index contributed by atoms with van der Waals surface area (Å²) in [5.74, 6) is 1.94. The van der Waals surface area contributed by atoms with Crippen molar-refractivity contribution in [3.05, 3.63) is 0 Å². The minimum absolute atomic E-state index is 0.462. The molecule has 0 bridgehead atoms. The quantitative estimate of drug-likeness (QED) is 0.479. The summed E-state index contributed by atoms with van der Waals surface area (Å²) in [4.78, 5) is 5.50. The van der Waals surface area contributed by atoms with Crippen LogP contribution in [-0.4, -0.2) is 48.6 Å². The number of piperidine rings is 2. The van der Waals surface area contributed by atoms with Gasteiger partial charge in [-0.05, 0) is 107 Å². The van der Waals surface area contributed by atoms with E-state index in [1.807, 2.05) is 0 Å². The van der Waals surface area contributed by atoms with Gasteiger partial charge in [-0.1, -0.05) is 48.0 Å². The number of rotatable bonds is 8. The maximum Gasteiger partial charge on any atom is 0.00695 e. The van der Waals surface area contributed by atoms with E-state index in [9.17, 15) is 0 Å². The molecule has 0 N–H and O–H groups in total. The summed E-state index contributed by atoms with van der Waals surface area (Å²) < 4.78 is 0. The van der Waals surface area contributed by atoms with Gasteiger partial charge in [0.15, 0.2) is 0 Å². The largest absolute Gasteiger partial charge is 0.303 e. The molecule has 0 amide bonds. The molecule has 27 heavy (non-hydrogen) atoms. The molecule has 0 radical (unpaired) electrons. The first kappa shape index (κ1) is 23.2. The lowest BCUT2D eigenvalue weighted by Crippen LogP contribution is -2.43. The average Bonchev–Trinajstić information content (AvgIpc) is 2.58. The smallest absolute Gasteiger partial charge is 0.00695 e. The highest BCUT2D eigenvalue weighted by Gasteiger charge is 2.31. The summed E-state index contributed by atoms with van der Waals surface area (Å²) in [5.41, 5.74) is 0.962. The Labute approximate surface area is 171 Å². The van der Waals surface area contributed by atoms with Crippen LogP contribution in [0, 0.1) is 22.7 Å². The molecule has 160 valence electrons. The third kappa shape index (κ3) is 8.44. The van der Waals surface area contributed by atoms with Crippen molar-refractivity contribution in [1.29, 1.82) is 0 Å². The Bertz CT molecular complexity index is 415. The Morgan fingerprint density at radius 2 is 1.44 bits per heavy atom. The van der Waals surface area contributed by atoms with Gasteiger partial charge in [0.25, 0.3) is 0 Å². The molecule has 0 aromatic heterocycles. The summed E-state index contributed by atoms with van der Waals surface area (Å²) in [6.07, 6.45) is 11.2. The molecule has 2 nitrogen and oxygen atoms in total. The molecular weight excluding hydrogens is 328 g/mol. The molecule has 0 spiro atoms. The first-order chi connectivity index (χ1) is 12.6. The molecule has 2 heteroatoms. The number of likely N-dealkylation sites (tertiary alicyclic amines) is 2. The van der Waals surface area contributed by atoms with E-state index < -0.39 is 0 Å². The van der Waals surface area contributed by atoms with Gasteiger partial charge in [0.05, 0.1) is 0 Å². The highest BCUT2D eigenvalue weighted by atomic mass is 15.2. The molecule has 0 aromatic rings. The molecule has 0 aliphatic carbocycles. The molecule has 2 aliphatic rings. The molecule has 2 atom stereocenters. The van der Waals surface area contributed by atoms with Crippen molar-refractivity contribution in [2.24, 2.45) is 22.7 Å². The van der Waals surface area contributed by atoms with Gasteiger partial charge in [-0.3, -0.25) is 0 Å². The van der Waals surface area contributed by atoms with Gasteiger partial charge in [-0.25, -0.2) is 0 Å². The van der Waals surface area contributed by atoms with Crippen LogP contribution >= 0.6 is 0 Å². The van der Waals surface area contributed by atoms with Crippen molar-refractivity contribution in [3.63, 3.8) is 0 Å². The van der Waals surface area contributed by atoms with Crippen LogP contribution in [0.3, 0.4) is 0 Å². The Kier molecular flexibility index (Phi) is 8.68. The van der Waals surface area contributed by atoms with E-state index in [1.165, 1.54) is 84.1 Å². The lowest BCUT2D eigenvalue weighted by Gasteiger charge is -2.42. The zero-order chi connectivity index (χ0) is 20.1. The Morgan fingerprint density at radius 1 is 0.815 bits per heavy atom. The molecule has 2 rings (SSSR count). The van der Waals surface area contributed by atoms with Gasteiger partial charge >= 0.3 is 0 Å². The number of nitrogens with zero attached hydrogens (tertiary/aromatic N) is 2. The predicted molar refractivity (Wildman–Crippen MR) is 120 cm³/mol. The lowest BCUT2D eigenvalue weighted by atomic mass is 9.75. The van der Waals surface area contributed by atoms with Crippen LogP contribution in [0.5, 0.6) is 0 Å². The third-order valence-corrected chi connectivity index (χ3v) is 7.50. The highest BCUT2D eigenvalue weighted by Crippen LogP contribution is 2.36. The Balaban J connectivity index is 1.69. The minimum atomic E-state index is 0.462. The van der Waals surface area contributed by atoms with Gasteiger partial charge in [-0.2, -0.15) is 0 Å². The summed E-state index contributed by atoms with van der Waals surface area (Å²) >= 11 is 0. The Hall–Kier alpha value is -0.0800. The topological polar surface area (TPSA) is 6.48 Å². The molecule has 0 aromatic carbocycles. The second-order valence-electron chi connectivity index (χ2n) is 11.9. The fraction of sp³-hybridized carbons (Fsp3) is 1.00. The Morgan fingerprint density at radius 3 is 2.00 bits per heavy atom. The zero-order valence-electron chi connectivity index (χ0n) is 19.8. The average molecular weight is 379 g/mol. The second-order valence-corrected chi connectivity index (χ2v) is 11.9. The van der Waals surface area contributed by atoms with E-state index >= 15 is 0 Å². The van der Waals surface area contributed by atoms with Crippen LogP contribution in [0.4, 0.5) is 0 Å². The maximum atomic E-state index is 2.76. The van der Waals surface area contributed by atoms with Crippen molar-refractivity contribution in [3.8, 4) is 0 Å². The summed E-state index contributed by atoms with van der Waals surface area (Å²) in [6.45, 7) is 23.6. The van der Waals surface area contributed by atoms with Crippen LogP contribution in [0.2, 0.25) is 0 Å². The number of hydrogen-bond donors (Lipinski definition) is 0. The van der Waals surface area contributed by atoms with E-state index in [-0.39, 0.29) is 0 Å². The fourth-order valence-electron chi connectivity index (χ4n) is 5.28. The molecule has 2 aliphatic heterocycles. The maximum absolute atomic E-state index is 2.76. The van der Waals surface area contributed by atoms with Crippen LogP contribution < -0.4 is 0 Å². The van der Waals surface area contributed by atoms with Crippen LogP contribution in [0.1, 0.15) is 99.8 Å². The van der Waals surface area contributed by atoms with Gasteiger partial charge in [0.1, 0.15) is 0 Å². The van der Waals surface area contributed by atoms with Gasteiger partial charge in [0, 0.05) is 6.04 Å². The van der Waals surface area contributed by atoms with Crippen molar-refractivity contribution in [1.82, 2.24) is 9.80 Å². The molecule has 2 fully saturated rings. The molecule has 0 saturated carbocycles. The second kappa shape index (κ2) is 10.1. The monoisotopic (exact) mass is 378 g/mol. The van der Waals surface area contributed by atoms with E-state index in [2.05, 4.69) is 58.3 Å². The third-order valence-electron chi connectivity index (χ3n) is 7.50. The molecule has 2 saturated heterocycles. The van der Waals surface area contributed by atoms with E-state index in [0.717, 1.165) is 17.9 Å². The molecular formula is C25H50N2. The van der Waals surface area contributed by atoms with Crippen LogP contribution in [0.25, 0.3) is 0 Å². The van der Waals surface area contributed by atoms with Gasteiger partial charge in [0.2, 0.25) is 0 Å². The summed E-state index contributed by atoms with van der Waals surface area (Å²) in [7, 11) is 0. The zero-order valence-corrected chi connectivity index (χ0v) is 19.8. The SMILES string of the molecule is CCC1CCN(CCC(C)(C)CC2CCN(CCC(C)(C)C)C(C)C2)CC1. The van der Waals surface area contributed by atoms with E-state index in [0.29, 0.717) is 10.8 Å². The number of hydrogen-bond acceptors (Lipinski definition) is 2. The van der Waals surface area contributed by atoms with Crippen LogP contribution in [0.15, 0.2) is 0 Å². The lowest BCUT2D eigenvalue weighted by molar-refractivity contribution is 0.0815. The van der Waals surface area contributed by atoms with Crippen LogP contribution in [-0.2, 0) is 0 Å². The van der Waals surface area contributed by atoms with Gasteiger partial charge < -0.3 is 9.80 Å². The summed E-state index contributed by atoms with van der Waals surface area (Å²) in [6, 6.07) is 0.773. The minimum Gasteiger partial charge on any atom is -0.303 e. The first-order valence-electron chi connectivity index (χ1n) is 12.0. The van der Waals surface area contributed by atoms with Gasteiger partial charge in [-0.15, -0.1) is 0 Å². The predicted octanol–water partition coefficient (Wildman–Crippen LogP) is 6.45. The van der Waals surface area contributed by atoms with Crippen molar-refractivity contribution >= 4 is 0 Å². The molecule has 2 heterocycles. The highest BCUT2D eigenvalue weighted by molar-refractivity contribution is 4.84. The van der Waals surface area contributed by atoms with E-state index in [4.69, 9.17) is 0 Å². The van der Waals surface area contributed by atoms with E-state index in [1.54, 1.807) is 0 Å².